The highest BCUT2D eigenvalue weighted by Gasteiger charge is 2.14. The van der Waals surface area contributed by atoms with Crippen LogP contribution < -0.4 is 30.4 Å². The number of hydrogen-bond acceptors (Lipinski definition) is 8. The fourth-order valence-corrected chi connectivity index (χ4v) is 2.34. The molecule has 0 radical (unpaired) electrons. The van der Waals surface area contributed by atoms with Gasteiger partial charge in [-0.1, -0.05) is 0 Å². The van der Waals surface area contributed by atoms with Crippen LogP contribution in [0.5, 0.6) is 23.0 Å². The summed E-state index contributed by atoms with van der Waals surface area (Å²) in [7, 11) is 4.72. The van der Waals surface area contributed by atoms with Crippen molar-refractivity contribution >= 4 is 24.2 Å². The summed E-state index contributed by atoms with van der Waals surface area (Å²) in [6.07, 6.45) is 0.611. The van der Waals surface area contributed by atoms with E-state index in [4.69, 9.17) is 30.4 Å². The molecule has 138 valence electrons. The number of hydrogen-bond donors (Lipinski definition) is 2. The molecule has 0 amide bonds. The van der Waals surface area contributed by atoms with E-state index in [9.17, 15) is 0 Å². The zero-order valence-electron chi connectivity index (χ0n) is 14.7. The number of nitrogen functional groups attached to an aromatic ring is 2. The van der Waals surface area contributed by atoms with Gasteiger partial charge in [0.25, 0.3) is 0 Å². The van der Waals surface area contributed by atoms with Gasteiger partial charge in [0.15, 0.2) is 23.1 Å². The van der Waals surface area contributed by atoms with E-state index in [1.54, 1.807) is 28.3 Å². The fraction of sp³-hybridized carbons (Fsp3) is 0.375. The molecule has 1 aromatic heterocycles. The SMILES string of the molecule is COc1cc(CCOc2c(C)nc(N)nc2N)cc(OC)c1OC.Cl. The molecule has 2 rings (SSSR count). The summed E-state index contributed by atoms with van der Waals surface area (Å²) in [5, 5.41) is 0. The number of nitrogens with two attached hydrogens (primary N) is 2. The lowest BCUT2D eigenvalue weighted by atomic mass is 10.1. The highest BCUT2D eigenvalue weighted by Crippen LogP contribution is 2.38. The Morgan fingerprint density at radius 3 is 2.00 bits per heavy atom. The lowest BCUT2D eigenvalue weighted by Gasteiger charge is -2.15. The Morgan fingerprint density at radius 1 is 0.920 bits per heavy atom. The summed E-state index contributed by atoms with van der Waals surface area (Å²) in [5.74, 6) is 2.54. The van der Waals surface area contributed by atoms with E-state index in [0.29, 0.717) is 41.7 Å². The van der Waals surface area contributed by atoms with Crippen molar-refractivity contribution < 1.29 is 18.9 Å². The van der Waals surface area contributed by atoms with Crippen LogP contribution in [0.1, 0.15) is 11.3 Å². The highest BCUT2D eigenvalue weighted by atomic mass is 35.5. The molecule has 0 aliphatic heterocycles. The minimum absolute atomic E-state index is 0. The van der Waals surface area contributed by atoms with Crippen LogP contribution in [0.15, 0.2) is 12.1 Å². The molecule has 0 aliphatic carbocycles. The molecule has 0 saturated heterocycles. The Kier molecular flexibility index (Phi) is 7.38. The van der Waals surface area contributed by atoms with E-state index in [2.05, 4.69) is 9.97 Å². The van der Waals surface area contributed by atoms with E-state index in [1.165, 1.54) is 0 Å². The predicted octanol–water partition coefficient (Wildman–Crippen LogP) is 2.02. The monoisotopic (exact) mass is 370 g/mol. The van der Waals surface area contributed by atoms with Gasteiger partial charge in [0.2, 0.25) is 11.7 Å². The number of rotatable bonds is 7. The van der Waals surface area contributed by atoms with Gasteiger partial charge < -0.3 is 30.4 Å². The van der Waals surface area contributed by atoms with E-state index in [-0.39, 0.29) is 24.2 Å². The van der Waals surface area contributed by atoms with Crippen molar-refractivity contribution in [3.63, 3.8) is 0 Å². The molecule has 0 saturated carbocycles. The maximum Gasteiger partial charge on any atom is 0.222 e. The Hall–Kier alpha value is -2.61. The lowest BCUT2D eigenvalue weighted by Crippen LogP contribution is -2.09. The average molecular weight is 371 g/mol. The van der Waals surface area contributed by atoms with Gasteiger partial charge in [-0.05, 0) is 24.6 Å². The van der Waals surface area contributed by atoms with Crippen molar-refractivity contribution in [3.05, 3.63) is 23.4 Å². The molecule has 1 aromatic carbocycles. The van der Waals surface area contributed by atoms with Gasteiger partial charge in [0.1, 0.15) is 0 Å². The van der Waals surface area contributed by atoms with E-state index < -0.39 is 0 Å². The summed E-state index contributed by atoms with van der Waals surface area (Å²) < 4.78 is 21.7. The number of ether oxygens (including phenoxy) is 4. The van der Waals surface area contributed by atoms with Crippen molar-refractivity contribution in [2.45, 2.75) is 13.3 Å². The molecule has 9 heteroatoms. The summed E-state index contributed by atoms with van der Waals surface area (Å²) in [5.41, 5.74) is 12.9. The van der Waals surface area contributed by atoms with Crippen LogP contribution in [0.4, 0.5) is 11.8 Å². The first kappa shape index (κ1) is 20.4. The number of anilines is 2. The minimum Gasteiger partial charge on any atom is -0.493 e. The second-order valence-corrected chi connectivity index (χ2v) is 5.01. The van der Waals surface area contributed by atoms with Gasteiger partial charge >= 0.3 is 0 Å². The van der Waals surface area contributed by atoms with Crippen molar-refractivity contribution in [2.24, 2.45) is 0 Å². The number of halogens is 1. The van der Waals surface area contributed by atoms with Gasteiger partial charge in [0.05, 0.1) is 33.6 Å². The Labute approximate surface area is 152 Å². The maximum atomic E-state index is 5.82. The molecular formula is C16H23ClN4O4. The van der Waals surface area contributed by atoms with Crippen LogP contribution in [-0.4, -0.2) is 37.9 Å². The van der Waals surface area contributed by atoms with E-state index in [1.807, 2.05) is 12.1 Å². The molecule has 0 atom stereocenters. The van der Waals surface area contributed by atoms with Crippen LogP contribution in [0.3, 0.4) is 0 Å². The summed E-state index contributed by atoms with van der Waals surface area (Å²) in [4.78, 5) is 7.94. The molecule has 0 spiro atoms. The third kappa shape index (κ3) is 4.69. The third-order valence-corrected chi connectivity index (χ3v) is 3.44. The van der Waals surface area contributed by atoms with Gasteiger partial charge in [-0.15, -0.1) is 12.4 Å². The van der Waals surface area contributed by atoms with Gasteiger partial charge in [-0.3, -0.25) is 0 Å². The first-order valence-corrected chi connectivity index (χ1v) is 7.31. The fourth-order valence-electron chi connectivity index (χ4n) is 2.34. The molecule has 0 fully saturated rings. The molecule has 0 aliphatic rings. The van der Waals surface area contributed by atoms with E-state index >= 15 is 0 Å². The zero-order valence-corrected chi connectivity index (χ0v) is 15.5. The van der Waals surface area contributed by atoms with Crippen molar-refractivity contribution in [1.82, 2.24) is 9.97 Å². The second kappa shape index (κ2) is 9.03. The topological polar surface area (TPSA) is 115 Å². The highest BCUT2D eigenvalue weighted by molar-refractivity contribution is 5.85. The second-order valence-electron chi connectivity index (χ2n) is 5.01. The first-order valence-electron chi connectivity index (χ1n) is 7.31. The van der Waals surface area contributed by atoms with Crippen LogP contribution in [0.25, 0.3) is 0 Å². The van der Waals surface area contributed by atoms with Crippen molar-refractivity contribution in [3.8, 4) is 23.0 Å². The molecule has 1 heterocycles. The molecule has 2 aromatic rings. The number of aromatic nitrogens is 2. The van der Waals surface area contributed by atoms with Gasteiger partial charge in [-0.25, -0.2) is 4.98 Å². The van der Waals surface area contributed by atoms with Crippen LogP contribution in [0, 0.1) is 6.92 Å². The predicted molar refractivity (Wildman–Crippen MR) is 98.1 cm³/mol. The van der Waals surface area contributed by atoms with E-state index in [0.717, 1.165) is 5.56 Å². The minimum atomic E-state index is 0. The Bertz CT molecular complexity index is 679. The van der Waals surface area contributed by atoms with Crippen molar-refractivity contribution in [2.75, 3.05) is 39.4 Å². The van der Waals surface area contributed by atoms with Gasteiger partial charge in [-0.2, -0.15) is 4.98 Å². The normalized spacial score (nSPS) is 9.92. The third-order valence-electron chi connectivity index (χ3n) is 3.44. The molecule has 25 heavy (non-hydrogen) atoms. The zero-order chi connectivity index (χ0) is 17.7. The summed E-state index contributed by atoms with van der Waals surface area (Å²) in [6, 6.07) is 3.75. The summed E-state index contributed by atoms with van der Waals surface area (Å²) in [6.45, 7) is 2.15. The molecule has 4 N–H and O–H groups in total. The Balaban J connectivity index is 0.00000312. The van der Waals surface area contributed by atoms with Crippen molar-refractivity contribution in [1.29, 1.82) is 0 Å². The maximum absolute atomic E-state index is 5.82. The molecular weight excluding hydrogens is 348 g/mol. The molecule has 8 nitrogen and oxygen atoms in total. The largest absolute Gasteiger partial charge is 0.493 e. The standard InChI is InChI=1S/C16H22N4O4.ClH/c1-9-13(15(17)20-16(18)19-9)24-6-5-10-7-11(21-2)14(23-4)12(8-10)22-3;/h7-8H,5-6H2,1-4H3,(H4,17,18,19,20);1H. The average Bonchev–Trinajstić information content (AvgIpc) is 2.56. The molecule has 0 bridgehead atoms. The lowest BCUT2D eigenvalue weighted by molar-refractivity contribution is 0.313. The Morgan fingerprint density at radius 2 is 1.52 bits per heavy atom. The first-order chi connectivity index (χ1) is 11.5. The smallest absolute Gasteiger partial charge is 0.222 e. The number of benzene rings is 1. The van der Waals surface area contributed by atoms with Crippen LogP contribution >= 0.6 is 12.4 Å². The summed E-state index contributed by atoms with van der Waals surface area (Å²) >= 11 is 0. The van der Waals surface area contributed by atoms with Crippen LogP contribution in [-0.2, 0) is 6.42 Å². The quantitative estimate of drug-likeness (QED) is 0.760. The van der Waals surface area contributed by atoms with Gasteiger partial charge in [0, 0.05) is 6.42 Å². The number of methoxy groups -OCH3 is 3. The van der Waals surface area contributed by atoms with Crippen LogP contribution in [0.2, 0.25) is 0 Å². The number of nitrogens with zero attached hydrogens (tertiary/aromatic N) is 2. The number of aryl methyl sites for hydroxylation is 1. The molecule has 0 unspecified atom stereocenters.